The van der Waals surface area contributed by atoms with Gasteiger partial charge in [0.05, 0.1) is 27.6 Å². The first-order valence-electron chi connectivity index (χ1n) is 10.5. The molecule has 174 valence electrons. The van der Waals surface area contributed by atoms with E-state index < -0.39 is 10.0 Å². The fourth-order valence-electron chi connectivity index (χ4n) is 4.02. The van der Waals surface area contributed by atoms with Gasteiger partial charge in [0.1, 0.15) is 0 Å². The Morgan fingerprint density at radius 1 is 1.12 bits per heavy atom. The second kappa shape index (κ2) is 10.5. The SMILES string of the molecule is Cc1cc(C)c(S(=O)(=O)N(CC(=O)NC[C@H]2CCCO2)Cc2ccc(Cl)c(Cl)c2)c(C)c1. The van der Waals surface area contributed by atoms with Crippen LogP contribution in [0.15, 0.2) is 35.2 Å². The van der Waals surface area contributed by atoms with Gasteiger partial charge in [-0.15, -0.1) is 0 Å². The number of sulfonamides is 1. The summed E-state index contributed by atoms with van der Waals surface area (Å²) in [5.41, 5.74) is 2.89. The molecule has 0 unspecified atom stereocenters. The van der Waals surface area contributed by atoms with Gasteiger partial charge in [-0.25, -0.2) is 8.42 Å². The first-order chi connectivity index (χ1) is 15.1. The minimum Gasteiger partial charge on any atom is -0.376 e. The summed E-state index contributed by atoms with van der Waals surface area (Å²) < 4.78 is 34.1. The maximum absolute atomic E-state index is 13.7. The maximum atomic E-state index is 13.7. The molecular formula is C23H28Cl2N2O4S. The Morgan fingerprint density at radius 2 is 1.81 bits per heavy atom. The Balaban J connectivity index is 1.89. The number of hydrogen-bond donors (Lipinski definition) is 1. The first kappa shape index (κ1) is 25.0. The molecule has 0 radical (unpaired) electrons. The molecule has 1 atom stereocenters. The monoisotopic (exact) mass is 498 g/mol. The number of rotatable bonds is 8. The zero-order valence-electron chi connectivity index (χ0n) is 18.5. The minimum atomic E-state index is -3.97. The lowest BCUT2D eigenvalue weighted by atomic mass is 10.1. The summed E-state index contributed by atoms with van der Waals surface area (Å²) in [5.74, 6) is -0.383. The van der Waals surface area contributed by atoms with Crippen molar-refractivity contribution in [1.82, 2.24) is 9.62 Å². The zero-order chi connectivity index (χ0) is 23.5. The summed E-state index contributed by atoms with van der Waals surface area (Å²) in [6.07, 6.45) is 1.82. The van der Waals surface area contributed by atoms with E-state index in [4.69, 9.17) is 27.9 Å². The summed E-state index contributed by atoms with van der Waals surface area (Å²) in [7, 11) is -3.97. The van der Waals surface area contributed by atoms with Gasteiger partial charge in [-0.05, 0) is 62.4 Å². The van der Waals surface area contributed by atoms with E-state index in [1.165, 1.54) is 4.31 Å². The topological polar surface area (TPSA) is 75.7 Å². The van der Waals surface area contributed by atoms with Crippen molar-refractivity contribution < 1.29 is 17.9 Å². The third-order valence-electron chi connectivity index (χ3n) is 5.42. The van der Waals surface area contributed by atoms with Gasteiger partial charge in [0, 0.05) is 19.7 Å². The molecule has 0 saturated carbocycles. The van der Waals surface area contributed by atoms with Gasteiger partial charge in [-0.1, -0.05) is 47.0 Å². The van der Waals surface area contributed by atoms with Gasteiger partial charge < -0.3 is 10.1 Å². The normalized spacial score (nSPS) is 16.5. The quantitative estimate of drug-likeness (QED) is 0.584. The molecular weight excluding hydrogens is 471 g/mol. The number of amides is 1. The Morgan fingerprint density at radius 3 is 2.41 bits per heavy atom. The predicted molar refractivity (Wildman–Crippen MR) is 127 cm³/mol. The lowest BCUT2D eigenvalue weighted by molar-refractivity contribution is -0.121. The lowest BCUT2D eigenvalue weighted by Crippen LogP contribution is -2.42. The molecule has 0 spiro atoms. The molecule has 1 fully saturated rings. The zero-order valence-corrected chi connectivity index (χ0v) is 20.8. The molecule has 1 saturated heterocycles. The van der Waals surface area contributed by atoms with Crippen molar-refractivity contribution in [1.29, 1.82) is 0 Å². The van der Waals surface area contributed by atoms with Crippen LogP contribution < -0.4 is 5.32 Å². The van der Waals surface area contributed by atoms with Crippen molar-refractivity contribution in [3.8, 4) is 0 Å². The number of hydrogen-bond acceptors (Lipinski definition) is 4. The van der Waals surface area contributed by atoms with Crippen molar-refractivity contribution in [3.05, 3.63) is 62.6 Å². The van der Waals surface area contributed by atoms with Gasteiger partial charge in [-0.3, -0.25) is 4.79 Å². The van der Waals surface area contributed by atoms with Gasteiger partial charge >= 0.3 is 0 Å². The second-order valence-corrected chi connectivity index (χ2v) is 10.9. The van der Waals surface area contributed by atoms with Gasteiger partial charge in [0.2, 0.25) is 15.9 Å². The third-order valence-corrected chi connectivity index (χ3v) is 8.25. The Hall–Kier alpha value is -1.64. The molecule has 1 aliphatic rings. The van der Waals surface area contributed by atoms with Crippen LogP contribution in [0.4, 0.5) is 0 Å². The number of carbonyl (C=O) groups is 1. The number of nitrogens with zero attached hydrogens (tertiary/aromatic N) is 1. The summed E-state index contributed by atoms with van der Waals surface area (Å²) in [4.78, 5) is 12.9. The first-order valence-corrected chi connectivity index (χ1v) is 12.7. The van der Waals surface area contributed by atoms with Crippen LogP contribution in [0, 0.1) is 20.8 Å². The van der Waals surface area contributed by atoms with Crippen LogP contribution >= 0.6 is 23.2 Å². The van der Waals surface area contributed by atoms with Gasteiger partial charge in [0.25, 0.3) is 0 Å². The summed E-state index contributed by atoms with van der Waals surface area (Å²) in [6, 6.07) is 8.59. The van der Waals surface area contributed by atoms with Crippen LogP contribution in [0.3, 0.4) is 0 Å². The maximum Gasteiger partial charge on any atom is 0.244 e. The van der Waals surface area contributed by atoms with Crippen molar-refractivity contribution in [3.63, 3.8) is 0 Å². The average molecular weight is 499 g/mol. The molecule has 0 aliphatic carbocycles. The van der Waals surface area contributed by atoms with E-state index in [0.717, 1.165) is 18.4 Å². The summed E-state index contributed by atoms with van der Waals surface area (Å²) in [6.45, 7) is 6.17. The summed E-state index contributed by atoms with van der Waals surface area (Å²) >= 11 is 12.1. The fraction of sp³-hybridized carbons (Fsp3) is 0.435. The third kappa shape index (κ3) is 6.02. The van der Waals surface area contributed by atoms with Crippen LogP contribution in [0.5, 0.6) is 0 Å². The van der Waals surface area contributed by atoms with Crippen molar-refractivity contribution in [2.24, 2.45) is 0 Å². The van der Waals surface area contributed by atoms with Crippen molar-refractivity contribution in [2.75, 3.05) is 19.7 Å². The molecule has 1 aliphatic heterocycles. The number of aryl methyl sites for hydroxylation is 3. The van der Waals surface area contributed by atoms with Crippen LogP contribution in [0.2, 0.25) is 10.0 Å². The Labute approximate surface area is 199 Å². The highest BCUT2D eigenvalue weighted by Crippen LogP contribution is 2.28. The smallest absolute Gasteiger partial charge is 0.244 e. The molecule has 32 heavy (non-hydrogen) atoms. The van der Waals surface area contributed by atoms with E-state index in [2.05, 4.69) is 5.32 Å². The van der Waals surface area contributed by atoms with E-state index in [1.54, 1.807) is 32.0 Å². The highest BCUT2D eigenvalue weighted by atomic mass is 35.5. The highest BCUT2D eigenvalue weighted by molar-refractivity contribution is 7.89. The van der Waals surface area contributed by atoms with E-state index in [9.17, 15) is 13.2 Å². The van der Waals surface area contributed by atoms with Crippen LogP contribution in [-0.4, -0.2) is 44.4 Å². The van der Waals surface area contributed by atoms with Crippen LogP contribution in [-0.2, 0) is 26.1 Å². The minimum absolute atomic E-state index is 0.0146. The molecule has 0 aromatic heterocycles. The van der Waals surface area contributed by atoms with Crippen LogP contribution in [0.25, 0.3) is 0 Å². The van der Waals surface area contributed by atoms with Gasteiger partial charge in [-0.2, -0.15) is 4.31 Å². The van der Waals surface area contributed by atoms with E-state index in [-0.39, 0.29) is 30.0 Å². The largest absolute Gasteiger partial charge is 0.376 e. The Bertz CT molecular complexity index is 1080. The molecule has 6 nitrogen and oxygen atoms in total. The van der Waals surface area contributed by atoms with Crippen LogP contribution in [0.1, 0.15) is 35.1 Å². The molecule has 2 aromatic carbocycles. The molecule has 1 N–H and O–H groups in total. The average Bonchev–Trinajstić information content (AvgIpc) is 3.21. The molecule has 9 heteroatoms. The molecule has 2 aromatic rings. The molecule has 1 heterocycles. The van der Waals surface area contributed by atoms with Gasteiger partial charge in [0.15, 0.2) is 0 Å². The molecule has 1 amide bonds. The number of nitrogens with one attached hydrogen (secondary N) is 1. The summed E-state index contributed by atoms with van der Waals surface area (Å²) in [5, 5.41) is 3.51. The molecule has 0 bridgehead atoms. The highest BCUT2D eigenvalue weighted by Gasteiger charge is 2.30. The second-order valence-electron chi connectivity index (χ2n) is 8.19. The number of halogens is 2. The van der Waals surface area contributed by atoms with E-state index in [0.29, 0.717) is 39.9 Å². The standard InChI is InChI=1S/C23H28Cl2N2O4S/c1-15-9-16(2)23(17(3)10-15)32(29,30)27(13-18-6-7-20(24)21(25)11-18)14-22(28)26-12-19-5-4-8-31-19/h6-7,9-11,19H,4-5,8,12-14H2,1-3H3,(H,26,28)/t19-/m1/s1. The van der Waals surface area contributed by atoms with Crippen molar-refractivity contribution in [2.45, 2.75) is 51.2 Å². The van der Waals surface area contributed by atoms with E-state index in [1.807, 2.05) is 19.1 Å². The number of carbonyl (C=O) groups excluding carboxylic acids is 1. The lowest BCUT2D eigenvalue weighted by Gasteiger charge is -2.24. The van der Waals surface area contributed by atoms with E-state index >= 15 is 0 Å². The van der Waals surface area contributed by atoms with Crippen molar-refractivity contribution >= 4 is 39.1 Å². The molecule has 3 rings (SSSR count). The fourth-order valence-corrected chi connectivity index (χ4v) is 6.14. The number of benzene rings is 2. The number of ether oxygens (including phenoxy) is 1. The Kier molecular flexibility index (Phi) is 8.22. The predicted octanol–water partition coefficient (Wildman–Crippen LogP) is 4.40.